The molecule has 1 aromatic rings. The Bertz CT molecular complexity index is 437. The van der Waals surface area contributed by atoms with Gasteiger partial charge < -0.3 is 9.53 Å². The normalized spacial score (nSPS) is 12.9. The second-order valence-electron chi connectivity index (χ2n) is 4.96. The van der Waals surface area contributed by atoms with Crippen LogP contribution in [0.2, 0.25) is 0 Å². The van der Waals surface area contributed by atoms with Crippen molar-refractivity contribution in [2.24, 2.45) is 0 Å². The molecule has 6 heteroatoms. The van der Waals surface area contributed by atoms with Crippen LogP contribution in [0, 0.1) is 6.92 Å². The standard InChI is InChI=1S/C12H18N2O3S/c1-8-13-9(7-18-8)10(6-15)14(5)11(16)17-12(2,3)4/h6-7,10H,1-5H3. The number of aromatic nitrogens is 1. The Morgan fingerprint density at radius 1 is 1.56 bits per heavy atom. The summed E-state index contributed by atoms with van der Waals surface area (Å²) in [7, 11) is 1.53. The van der Waals surface area contributed by atoms with Gasteiger partial charge in [-0.2, -0.15) is 0 Å². The molecule has 0 aliphatic rings. The van der Waals surface area contributed by atoms with Crippen LogP contribution in [0.5, 0.6) is 0 Å². The molecule has 0 fully saturated rings. The average molecular weight is 270 g/mol. The Morgan fingerprint density at radius 3 is 2.56 bits per heavy atom. The number of amides is 1. The van der Waals surface area contributed by atoms with Crippen molar-refractivity contribution in [3.8, 4) is 0 Å². The van der Waals surface area contributed by atoms with E-state index in [0.29, 0.717) is 12.0 Å². The molecule has 0 aliphatic carbocycles. The lowest BCUT2D eigenvalue weighted by Crippen LogP contribution is -2.37. The van der Waals surface area contributed by atoms with Gasteiger partial charge in [0, 0.05) is 12.4 Å². The molecule has 0 aromatic carbocycles. The van der Waals surface area contributed by atoms with Gasteiger partial charge in [0.1, 0.15) is 17.9 Å². The second-order valence-corrected chi connectivity index (χ2v) is 6.03. The van der Waals surface area contributed by atoms with Crippen molar-refractivity contribution in [1.29, 1.82) is 0 Å². The predicted molar refractivity (Wildman–Crippen MR) is 69.7 cm³/mol. The minimum absolute atomic E-state index is 0.537. The van der Waals surface area contributed by atoms with E-state index in [1.54, 1.807) is 26.2 Å². The van der Waals surface area contributed by atoms with Gasteiger partial charge in [0.2, 0.25) is 0 Å². The van der Waals surface area contributed by atoms with Crippen LogP contribution in [0.3, 0.4) is 0 Å². The summed E-state index contributed by atoms with van der Waals surface area (Å²) >= 11 is 1.44. The van der Waals surface area contributed by atoms with Gasteiger partial charge in [0.15, 0.2) is 0 Å². The maximum atomic E-state index is 11.9. The molecule has 5 nitrogen and oxygen atoms in total. The third-order valence-corrected chi connectivity index (χ3v) is 2.96. The van der Waals surface area contributed by atoms with Gasteiger partial charge in [0.05, 0.1) is 10.7 Å². The van der Waals surface area contributed by atoms with E-state index in [1.807, 2.05) is 6.92 Å². The van der Waals surface area contributed by atoms with Crippen LogP contribution in [0.4, 0.5) is 4.79 Å². The van der Waals surface area contributed by atoms with Gasteiger partial charge in [-0.05, 0) is 27.7 Å². The smallest absolute Gasteiger partial charge is 0.410 e. The number of hydrogen-bond acceptors (Lipinski definition) is 5. The summed E-state index contributed by atoms with van der Waals surface area (Å²) in [6.45, 7) is 7.19. The number of ether oxygens (including phenoxy) is 1. The van der Waals surface area contributed by atoms with E-state index in [4.69, 9.17) is 4.74 Å². The van der Waals surface area contributed by atoms with E-state index in [-0.39, 0.29) is 0 Å². The first-order valence-corrected chi connectivity index (χ1v) is 6.45. The molecular weight excluding hydrogens is 252 g/mol. The number of carbonyl (C=O) groups excluding carboxylic acids is 2. The molecule has 0 saturated heterocycles. The van der Waals surface area contributed by atoms with Crippen molar-refractivity contribution >= 4 is 23.7 Å². The summed E-state index contributed by atoms with van der Waals surface area (Å²) < 4.78 is 5.21. The van der Waals surface area contributed by atoms with Crippen LogP contribution in [0.15, 0.2) is 5.38 Å². The molecule has 0 aliphatic heterocycles. The van der Waals surface area contributed by atoms with E-state index in [2.05, 4.69) is 4.98 Å². The number of aldehydes is 1. The van der Waals surface area contributed by atoms with Crippen LogP contribution in [0.25, 0.3) is 0 Å². The number of nitrogens with zero attached hydrogens (tertiary/aromatic N) is 2. The number of thiazole rings is 1. The van der Waals surface area contributed by atoms with Gasteiger partial charge in [-0.1, -0.05) is 0 Å². The molecule has 0 bridgehead atoms. The lowest BCUT2D eigenvalue weighted by Gasteiger charge is -2.27. The zero-order valence-corrected chi connectivity index (χ0v) is 12.1. The number of rotatable bonds is 3. The van der Waals surface area contributed by atoms with Gasteiger partial charge in [-0.15, -0.1) is 11.3 Å². The number of likely N-dealkylation sites (N-methyl/N-ethyl adjacent to an activating group) is 1. The van der Waals surface area contributed by atoms with Crippen LogP contribution in [-0.4, -0.2) is 34.9 Å². The fourth-order valence-electron chi connectivity index (χ4n) is 1.32. The Hall–Kier alpha value is -1.43. The minimum atomic E-state index is -0.704. The van der Waals surface area contributed by atoms with Gasteiger partial charge in [0.25, 0.3) is 0 Å². The number of aryl methyl sites for hydroxylation is 1. The summed E-state index contributed by atoms with van der Waals surface area (Å²) in [5.41, 5.74) is -0.0163. The molecule has 1 amide bonds. The van der Waals surface area contributed by atoms with Crippen LogP contribution < -0.4 is 0 Å². The van der Waals surface area contributed by atoms with Crippen molar-refractivity contribution in [3.05, 3.63) is 16.1 Å². The fraction of sp³-hybridized carbons (Fsp3) is 0.583. The maximum absolute atomic E-state index is 11.9. The van der Waals surface area contributed by atoms with Crippen molar-refractivity contribution in [2.75, 3.05) is 7.05 Å². The number of carbonyl (C=O) groups is 2. The lowest BCUT2D eigenvalue weighted by molar-refractivity contribution is -0.112. The molecule has 1 rings (SSSR count). The summed E-state index contributed by atoms with van der Waals surface area (Å²) in [6, 6.07) is -0.704. The first-order chi connectivity index (χ1) is 8.24. The van der Waals surface area contributed by atoms with Crippen LogP contribution >= 0.6 is 11.3 Å². The Balaban J connectivity index is 2.83. The van der Waals surface area contributed by atoms with E-state index in [0.717, 1.165) is 5.01 Å². The summed E-state index contributed by atoms with van der Waals surface area (Å²) in [5.74, 6) is 0. The topological polar surface area (TPSA) is 59.5 Å². The fourth-order valence-corrected chi connectivity index (χ4v) is 1.96. The summed E-state index contributed by atoms with van der Waals surface area (Å²) in [5, 5.41) is 2.63. The highest BCUT2D eigenvalue weighted by molar-refractivity contribution is 7.09. The lowest BCUT2D eigenvalue weighted by atomic mass is 10.2. The van der Waals surface area contributed by atoms with Crippen molar-refractivity contribution < 1.29 is 14.3 Å². The van der Waals surface area contributed by atoms with Crippen LogP contribution in [0.1, 0.15) is 37.5 Å². The molecular formula is C12H18N2O3S. The molecule has 0 spiro atoms. The van der Waals surface area contributed by atoms with Crippen LogP contribution in [-0.2, 0) is 9.53 Å². The zero-order valence-electron chi connectivity index (χ0n) is 11.3. The summed E-state index contributed by atoms with van der Waals surface area (Å²) in [4.78, 5) is 28.5. The first-order valence-electron chi connectivity index (χ1n) is 5.57. The van der Waals surface area contributed by atoms with Crippen molar-refractivity contribution in [1.82, 2.24) is 9.88 Å². The highest BCUT2D eigenvalue weighted by Crippen LogP contribution is 2.21. The van der Waals surface area contributed by atoms with Gasteiger partial charge >= 0.3 is 6.09 Å². The zero-order chi connectivity index (χ0) is 13.9. The highest BCUT2D eigenvalue weighted by Gasteiger charge is 2.27. The highest BCUT2D eigenvalue weighted by atomic mass is 32.1. The molecule has 1 heterocycles. The molecule has 0 radical (unpaired) electrons. The molecule has 1 aromatic heterocycles. The first kappa shape index (κ1) is 14.6. The minimum Gasteiger partial charge on any atom is -0.444 e. The Kier molecular flexibility index (Phi) is 4.45. The van der Waals surface area contributed by atoms with Gasteiger partial charge in [-0.3, -0.25) is 4.90 Å². The molecule has 0 N–H and O–H groups in total. The van der Waals surface area contributed by atoms with Crippen molar-refractivity contribution in [2.45, 2.75) is 39.3 Å². The SMILES string of the molecule is Cc1nc(C(C=O)N(C)C(=O)OC(C)(C)C)cs1. The van der Waals surface area contributed by atoms with E-state index < -0.39 is 17.7 Å². The van der Waals surface area contributed by atoms with Gasteiger partial charge in [-0.25, -0.2) is 9.78 Å². The van der Waals surface area contributed by atoms with E-state index in [9.17, 15) is 9.59 Å². The molecule has 1 atom stereocenters. The van der Waals surface area contributed by atoms with E-state index in [1.165, 1.54) is 23.3 Å². The van der Waals surface area contributed by atoms with E-state index >= 15 is 0 Å². The number of hydrogen-bond donors (Lipinski definition) is 0. The molecule has 100 valence electrons. The molecule has 1 unspecified atom stereocenters. The molecule has 18 heavy (non-hydrogen) atoms. The molecule has 0 saturated carbocycles. The van der Waals surface area contributed by atoms with Crippen molar-refractivity contribution in [3.63, 3.8) is 0 Å². The third kappa shape index (κ3) is 3.80. The second kappa shape index (κ2) is 5.48. The largest absolute Gasteiger partial charge is 0.444 e. The summed E-state index contributed by atoms with van der Waals surface area (Å²) in [6.07, 6.45) is 0.156. The monoisotopic (exact) mass is 270 g/mol. The Morgan fingerprint density at radius 2 is 2.17 bits per heavy atom. The quantitative estimate of drug-likeness (QED) is 0.792. The average Bonchev–Trinajstić information content (AvgIpc) is 2.63. The maximum Gasteiger partial charge on any atom is 0.410 e. The third-order valence-electron chi connectivity index (χ3n) is 2.17. The Labute approximate surface area is 111 Å². The predicted octanol–water partition coefficient (Wildman–Crippen LogP) is 2.56.